The normalized spacial score (nSPS) is 21.1. The van der Waals surface area contributed by atoms with Crippen molar-refractivity contribution in [3.05, 3.63) is 29.8 Å². The molecule has 120 valence electrons. The highest BCUT2D eigenvalue weighted by molar-refractivity contribution is 5.96. The van der Waals surface area contributed by atoms with Crippen molar-refractivity contribution >= 4 is 30.0 Å². The number of fused-ring (bicyclic) bond motifs is 1. The number of halogens is 1. The van der Waals surface area contributed by atoms with Crippen LogP contribution in [0.3, 0.4) is 0 Å². The molecule has 22 heavy (non-hydrogen) atoms. The Morgan fingerprint density at radius 3 is 2.77 bits per heavy atom. The quantitative estimate of drug-likeness (QED) is 0.921. The number of hydrogen-bond acceptors (Lipinski definition) is 3. The number of carboxylic acid groups (broad SMARTS) is 1. The third kappa shape index (κ3) is 3.42. The van der Waals surface area contributed by atoms with Crippen LogP contribution in [-0.2, 0) is 16.0 Å². The zero-order chi connectivity index (χ0) is 14.8. The fraction of sp³-hybridized carbons (Fsp3) is 0.500. The number of piperidine rings is 1. The monoisotopic (exact) mass is 324 g/mol. The first-order chi connectivity index (χ1) is 10.1. The first kappa shape index (κ1) is 16.8. The molecule has 0 aromatic heterocycles. The topological polar surface area (TPSA) is 60.9 Å². The Morgan fingerprint density at radius 2 is 2.00 bits per heavy atom. The number of nitrogens with zero attached hydrogens (tertiary/aromatic N) is 2. The first-order valence-corrected chi connectivity index (χ1v) is 7.48. The molecule has 1 unspecified atom stereocenters. The van der Waals surface area contributed by atoms with Gasteiger partial charge in [-0.15, -0.1) is 12.4 Å². The number of rotatable bonds is 3. The lowest BCUT2D eigenvalue weighted by molar-refractivity contribution is -0.144. The summed E-state index contributed by atoms with van der Waals surface area (Å²) in [4.78, 5) is 27.4. The number of aliphatic carboxylic acids is 1. The van der Waals surface area contributed by atoms with Crippen LogP contribution in [0.2, 0.25) is 0 Å². The summed E-state index contributed by atoms with van der Waals surface area (Å²) in [6.07, 6.45) is 2.47. The van der Waals surface area contributed by atoms with E-state index in [4.69, 9.17) is 5.11 Å². The van der Waals surface area contributed by atoms with Crippen molar-refractivity contribution in [2.75, 3.05) is 31.1 Å². The summed E-state index contributed by atoms with van der Waals surface area (Å²) in [5.74, 6) is -1.01. The summed E-state index contributed by atoms with van der Waals surface area (Å²) >= 11 is 0. The van der Waals surface area contributed by atoms with Crippen molar-refractivity contribution in [3.63, 3.8) is 0 Å². The van der Waals surface area contributed by atoms with Crippen LogP contribution in [0, 0.1) is 5.92 Å². The van der Waals surface area contributed by atoms with Crippen molar-refractivity contribution < 1.29 is 14.7 Å². The van der Waals surface area contributed by atoms with Gasteiger partial charge < -0.3 is 10.0 Å². The van der Waals surface area contributed by atoms with Gasteiger partial charge in [0.1, 0.15) is 0 Å². The number of hydrogen-bond donors (Lipinski definition) is 1. The Hall–Kier alpha value is -1.59. The summed E-state index contributed by atoms with van der Waals surface area (Å²) in [5, 5.41) is 9.11. The van der Waals surface area contributed by atoms with Gasteiger partial charge in [-0.3, -0.25) is 14.5 Å². The molecule has 0 radical (unpaired) electrons. The number of carbonyl (C=O) groups is 2. The van der Waals surface area contributed by atoms with Gasteiger partial charge in [0.15, 0.2) is 0 Å². The number of benzene rings is 1. The number of amides is 1. The van der Waals surface area contributed by atoms with Crippen molar-refractivity contribution in [2.45, 2.75) is 19.3 Å². The molecular formula is C16H21ClN2O3. The minimum atomic E-state index is -0.751. The highest BCUT2D eigenvalue weighted by Crippen LogP contribution is 2.27. The van der Waals surface area contributed by atoms with Gasteiger partial charge in [-0.2, -0.15) is 0 Å². The van der Waals surface area contributed by atoms with Gasteiger partial charge in [0.25, 0.3) is 0 Å². The maximum atomic E-state index is 12.5. The standard InChI is InChI=1S/C16H20N2O3.ClH/c19-15(11-17-8-3-5-13(10-17)16(20)21)18-9-7-12-4-1-2-6-14(12)18;/h1-2,4,6,13H,3,5,7-11H2,(H,20,21);1H. The van der Waals surface area contributed by atoms with E-state index in [1.165, 1.54) is 5.56 Å². The molecule has 0 aliphatic carbocycles. The Bertz CT molecular complexity index is 564. The molecule has 1 aromatic carbocycles. The van der Waals surface area contributed by atoms with E-state index in [1.54, 1.807) is 0 Å². The van der Waals surface area contributed by atoms with E-state index in [2.05, 4.69) is 6.07 Å². The molecule has 1 N–H and O–H groups in total. The summed E-state index contributed by atoms with van der Waals surface area (Å²) in [7, 11) is 0. The van der Waals surface area contributed by atoms with Crippen LogP contribution in [0.4, 0.5) is 5.69 Å². The molecule has 2 aliphatic rings. The van der Waals surface area contributed by atoms with Gasteiger partial charge in [-0.25, -0.2) is 0 Å². The summed E-state index contributed by atoms with van der Waals surface area (Å²) in [6, 6.07) is 7.99. The van der Waals surface area contributed by atoms with E-state index in [0.717, 1.165) is 31.6 Å². The van der Waals surface area contributed by atoms with E-state index in [1.807, 2.05) is 28.0 Å². The van der Waals surface area contributed by atoms with Crippen molar-refractivity contribution in [1.29, 1.82) is 0 Å². The Balaban J connectivity index is 0.00000176. The predicted molar refractivity (Wildman–Crippen MR) is 86.5 cm³/mol. The fourth-order valence-electron chi connectivity index (χ4n) is 3.27. The average Bonchev–Trinajstić information content (AvgIpc) is 2.91. The van der Waals surface area contributed by atoms with E-state index < -0.39 is 5.97 Å². The maximum absolute atomic E-state index is 12.5. The van der Waals surface area contributed by atoms with Gasteiger partial charge >= 0.3 is 5.97 Å². The second kappa shape index (κ2) is 7.11. The lowest BCUT2D eigenvalue weighted by Gasteiger charge is -2.31. The minimum Gasteiger partial charge on any atom is -0.481 e. The van der Waals surface area contributed by atoms with Gasteiger partial charge in [-0.05, 0) is 37.4 Å². The molecular weight excluding hydrogens is 304 g/mol. The van der Waals surface area contributed by atoms with Crippen LogP contribution in [0.15, 0.2) is 24.3 Å². The molecule has 0 spiro atoms. The molecule has 1 fully saturated rings. The summed E-state index contributed by atoms with van der Waals surface area (Å²) in [5.41, 5.74) is 2.22. The SMILES string of the molecule is Cl.O=C(O)C1CCCN(CC(=O)N2CCc3ccccc32)C1. The highest BCUT2D eigenvalue weighted by atomic mass is 35.5. The molecule has 0 saturated carbocycles. The molecule has 0 bridgehead atoms. The number of para-hydroxylation sites is 1. The van der Waals surface area contributed by atoms with Crippen molar-refractivity contribution in [1.82, 2.24) is 4.90 Å². The van der Waals surface area contributed by atoms with Crippen LogP contribution in [0.1, 0.15) is 18.4 Å². The lowest BCUT2D eigenvalue weighted by atomic mass is 9.98. The number of anilines is 1. The number of carbonyl (C=O) groups excluding carboxylic acids is 1. The zero-order valence-electron chi connectivity index (χ0n) is 12.4. The fourth-order valence-corrected chi connectivity index (χ4v) is 3.27. The van der Waals surface area contributed by atoms with Crippen LogP contribution in [0.25, 0.3) is 0 Å². The lowest BCUT2D eigenvalue weighted by Crippen LogP contribution is -2.45. The Kier molecular flexibility index (Phi) is 5.42. The molecule has 6 heteroatoms. The van der Waals surface area contributed by atoms with E-state index in [0.29, 0.717) is 19.5 Å². The second-order valence-electron chi connectivity index (χ2n) is 5.84. The Morgan fingerprint density at radius 1 is 1.23 bits per heavy atom. The van der Waals surface area contributed by atoms with Crippen molar-refractivity contribution in [2.24, 2.45) is 5.92 Å². The van der Waals surface area contributed by atoms with Crippen LogP contribution < -0.4 is 4.90 Å². The molecule has 1 atom stereocenters. The van der Waals surface area contributed by atoms with Crippen LogP contribution in [-0.4, -0.2) is 48.1 Å². The zero-order valence-corrected chi connectivity index (χ0v) is 13.2. The average molecular weight is 325 g/mol. The number of carboxylic acids is 1. The van der Waals surface area contributed by atoms with Gasteiger partial charge in [-0.1, -0.05) is 18.2 Å². The first-order valence-electron chi connectivity index (χ1n) is 7.48. The molecule has 1 saturated heterocycles. The summed E-state index contributed by atoms with van der Waals surface area (Å²) < 4.78 is 0. The second-order valence-corrected chi connectivity index (χ2v) is 5.84. The van der Waals surface area contributed by atoms with E-state index >= 15 is 0 Å². The van der Waals surface area contributed by atoms with Gasteiger partial charge in [0, 0.05) is 18.8 Å². The summed E-state index contributed by atoms with van der Waals surface area (Å²) in [6.45, 7) is 2.34. The molecule has 5 nitrogen and oxygen atoms in total. The minimum absolute atomic E-state index is 0. The largest absolute Gasteiger partial charge is 0.481 e. The van der Waals surface area contributed by atoms with E-state index in [9.17, 15) is 9.59 Å². The van der Waals surface area contributed by atoms with Gasteiger partial charge in [0.05, 0.1) is 12.5 Å². The van der Waals surface area contributed by atoms with E-state index in [-0.39, 0.29) is 24.2 Å². The molecule has 2 aliphatic heterocycles. The molecule has 2 heterocycles. The number of likely N-dealkylation sites (tertiary alicyclic amines) is 1. The smallest absolute Gasteiger partial charge is 0.307 e. The predicted octanol–water partition coefficient (Wildman–Crippen LogP) is 1.79. The molecule has 1 aromatic rings. The highest BCUT2D eigenvalue weighted by Gasteiger charge is 2.29. The maximum Gasteiger partial charge on any atom is 0.307 e. The third-order valence-electron chi connectivity index (χ3n) is 4.40. The van der Waals surface area contributed by atoms with Crippen LogP contribution in [0.5, 0.6) is 0 Å². The van der Waals surface area contributed by atoms with Gasteiger partial charge in [0.2, 0.25) is 5.91 Å². The third-order valence-corrected chi connectivity index (χ3v) is 4.40. The Labute approximate surface area is 136 Å². The van der Waals surface area contributed by atoms with Crippen LogP contribution >= 0.6 is 12.4 Å². The van der Waals surface area contributed by atoms with Crippen molar-refractivity contribution in [3.8, 4) is 0 Å². The molecule has 1 amide bonds. The molecule has 3 rings (SSSR count).